The zero-order valence-corrected chi connectivity index (χ0v) is 12.0. The molecular formula is C14H28N2O. The summed E-state index contributed by atoms with van der Waals surface area (Å²) in [4.78, 5) is 2.73. The van der Waals surface area contributed by atoms with Crippen LogP contribution in [0.25, 0.3) is 0 Å². The van der Waals surface area contributed by atoms with Crippen LogP contribution < -0.4 is 5.32 Å². The molecule has 2 fully saturated rings. The summed E-state index contributed by atoms with van der Waals surface area (Å²) < 4.78 is 5.58. The fourth-order valence-electron chi connectivity index (χ4n) is 3.57. The molecule has 0 bridgehead atoms. The summed E-state index contributed by atoms with van der Waals surface area (Å²) >= 11 is 0. The van der Waals surface area contributed by atoms with Crippen LogP contribution in [-0.2, 0) is 4.74 Å². The number of ether oxygens (including phenoxy) is 1. The number of piperazine rings is 1. The predicted octanol–water partition coefficient (Wildman–Crippen LogP) is 1.73. The van der Waals surface area contributed by atoms with E-state index in [-0.39, 0.29) is 0 Å². The first kappa shape index (κ1) is 13.3. The highest BCUT2D eigenvalue weighted by Crippen LogP contribution is 2.46. The molecule has 3 unspecified atom stereocenters. The van der Waals surface area contributed by atoms with Crippen molar-refractivity contribution in [2.75, 3.05) is 26.7 Å². The van der Waals surface area contributed by atoms with Gasteiger partial charge >= 0.3 is 0 Å². The molecule has 0 aromatic rings. The van der Waals surface area contributed by atoms with Crippen molar-refractivity contribution < 1.29 is 4.74 Å². The summed E-state index contributed by atoms with van der Waals surface area (Å²) in [5, 5.41) is 3.53. The summed E-state index contributed by atoms with van der Waals surface area (Å²) in [6, 6.07) is 1.38. The van der Waals surface area contributed by atoms with Gasteiger partial charge in [0.05, 0.1) is 6.10 Å². The molecule has 2 aliphatic rings. The van der Waals surface area contributed by atoms with Gasteiger partial charge in [0.25, 0.3) is 0 Å². The van der Waals surface area contributed by atoms with E-state index in [2.05, 4.69) is 37.9 Å². The lowest BCUT2D eigenvalue weighted by atomic mass is 9.63. The van der Waals surface area contributed by atoms with E-state index < -0.39 is 0 Å². The minimum atomic E-state index is 0.305. The maximum absolute atomic E-state index is 5.58. The first-order valence-corrected chi connectivity index (χ1v) is 6.97. The molecule has 2 rings (SSSR count). The van der Waals surface area contributed by atoms with Gasteiger partial charge in [0.1, 0.15) is 0 Å². The minimum absolute atomic E-state index is 0.305. The Morgan fingerprint density at radius 2 is 2.06 bits per heavy atom. The molecule has 0 spiro atoms. The lowest BCUT2D eigenvalue weighted by molar-refractivity contribution is -0.153. The minimum Gasteiger partial charge on any atom is -0.381 e. The highest BCUT2D eigenvalue weighted by atomic mass is 16.5. The van der Waals surface area contributed by atoms with E-state index in [1.807, 2.05) is 7.11 Å². The number of rotatable bonds is 3. The van der Waals surface area contributed by atoms with Gasteiger partial charge in [-0.05, 0) is 12.3 Å². The smallest absolute Gasteiger partial charge is 0.0652 e. The van der Waals surface area contributed by atoms with Gasteiger partial charge in [-0.25, -0.2) is 0 Å². The third-order valence-corrected chi connectivity index (χ3v) is 4.91. The first-order valence-electron chi connectivity index (χ1n) is 6.97. The summed E-state index contributed by atoms with van der Waals surface area (Å²) in [7, 11) is 1.85. The van der Waals surface area contributed by atoms with Crippen LogP contribution in [0.15, 0.2) is 0 Å². The molecule has 0 aromatic carbocycles. The van der Waals surface area contributed by atoms with Crippen LogP contribution in [0.3, 0.4) is 0 Å². The second-order valence-electron chi connectivity index (χ2n) is 6.55. The monoisotopic (exact) mass is 240 g/mol. The topological polar surface area (TPSA) is 24.5 Å². The average Bonchev–Trinajstić information content (AvgIpc) is 2.28. The van der Waals surface area contributed by atoms with Crippen molar-refractivity contribution in [2.24, 2.45) is 11.3 Å². The zero-order chi connectivity index (χ0) is 12.6. The van der Waals surface area contributed by atoms with Crippen LogP contribution in [0.2, 0.25) is 0 Å². The molecule has 17 heavy (non-hydrogen) atoms. The normalized spacial score (nSPS) is 38.1. The maximum atomic E-state index is 5.58. The molecule has 0 aromatic heterocycles. The van der Waals surface area contributed by atoms with Crippen molar-refractivity contribution in [3.05, 3.63) is 0 Å². The predicted molar refractivity (Wildman–Crippen MR) is 71.2 cm³/mol. The Morgan fingerprint density at radius 3 is 2.59 bits per heavy atom. The third-order valence-electron chi connectivity index (χ3n) is 4.91. The number of hydrogen-bond donors (Lipinski definition) is 1. The fraction of sp³-hybridized carbons (Fsp3) is 1.00. The number of nitrogens with one attached hydrogen (secondary N) is 1. The lowest BCUT2D eigenvalue weighted by Crippen LogP contribution is -2.68. The molecule has 1 heterocycles. The standard InChI is InChI=1S/C14H28N2O/c1-10(2)11-9-15-6-7-16(11)12-8-13(17-5)14(12,3)4/h10-13,15H,6-9H2,1-5H3. The van der Waals surface area contributed by atoms with E-state index in [1.165, 1.54) is 13.0 Å². The van der Waals surface area contributed by atoms with Crippen molar-refractivity contribution >= 4 is 0 Å². The summed E-state index contributed by atoms with van der Waals surface area (Å²) in [5.74, 6) is 0.722. The van der Waals surface area contributed by atoms with Gasteiger partial charge in [-0.15, -0.1) is 0 Å². The first-order chi connectivity index (χ1) is 7.98. The van der Waals surface area contributed by atoms with Crippen LogP contribution in [-0.4, -0.2) is 49.8 Å². The van der Waals surface area contributed by atoms with Gasteiger partial charge < -0.3 is 10.1 Å². The van der Waals surface area contributed by atoms with Gasteiger partial charge in [0, 0.05) is 44.2 Å². The van der Waals surface area contributed by atoms with Gasteiger partial charge in [0.2, 0.25) is 0 Å². The Bertz CT molecular complexity index is 265. The third kappa shape index (κ3) is 2.25. The van der Waals surface area contributed by atoms with Crippen LogP contribution in [0.4, 0.5) is 0 Å². The summed E-state index contributed by atoms with van der Waals surface area (Å²) in [5.41, 5.74) is 0.305. The van der Waals surface area contributed by atoms with Gasteiger partial charge in [-0.1, -0.05) is 27.7 Å². The zero-order valence-electron chi connectivity index (χ0n) is 12.0. The molecule has 0 radical (unpaired) electrons. The number of nitrogens with zero attached hydrogens (tertiary/aromatic N) is 1. The van der Waals surface area contributed by atoms with E-state index in [0.717, 1.165) is 19.0 Å². The quantitative estimate of drug-likeness (QED) is 0.813. The van der Waals surface area contributed by atoms with Crippen LogP contribution in [0.1, 0.15) is 34.1 Å². The maximum Gasteiger partial charge on any atom is 0.0652 e. The highest BCUT2D eigenvalue weighted by molar-refractivity contribution is 5.06. The van der Waals surface area contributed by atoms with Gasteiger partial charge in [0.15, 0.2) is 0 Å². The van der Waals surface area contributed by atoms with E-state index in [4.69, 9.17) is 4.74 Å². The molecule has 1 saturated heterocycles. The number of methoxy groups -OCH3 is 1. The van der Waals surface area contributed by atoms with Crippen molar-refractivity contribution in [3.63, 3.8) is 0 Å². The Balaban J connectivity index is 2.06. The highest BCUT2D eigenvalue weighted by Gasteiger charge is 2.52. The molecule has 3 nitrogen and oxygen atoms in total. The molecule has 1 N–H and O–H groups in total. The molecule has 1 aliphatic heterocycles. The lowest BCUT2D eigenvalue weighted by Gasteiger charge is -2.58. The van der Waals surface area contributed by atoms with Crippen molar-refractivity contribution in [1.29, 1.82) is 0 Å². The Kier molecular flexibility index (Phi) is 3.81. The van der Waals surface area contributed by atoms with E-state index >= 15 is 0 Å². The average molecular weight is 240 g/mol. The fourth-order valence-corrected chi connectivity index (χ4v) is 3.57. The van der Waals surface area contributed by atoms with Crippen LogP contribution >= 0.6 is 0 Å². The molecule has 1 saturated carbocycles. The van der Waals surface area contributed by atoms with Crippen LogP contribution in [0, 0.1) is 11.3 Å². The van der Waals surface area contributed by atoms with E-state index in [0.29, 0.717) is 23.6 Å². The Labute approximate surface area is 106 Å². The van der Waals surface area contributed by atoms with Crippen molar-refractivity contribution in [2.45, 2.75) is 52.3 Å². The summed E-state index contributed by atoms with van der Waals surface area (Å²) in [6.07, 6.45) is 1.64. The second kappa shape index (κ2) is 4.87. The SMILES string of the molecule is COC1CC(N2CCNCC2C(C)C)C1(C)C. The van der Waals surface area contributed by atoms with Crippen LogP contribution in [0.5, 0.6) is 0 Å². The molecule has 3 atom stereocenters. The molecular weight excluding hydrogens is 212 g/mol. The van der Waals surface area contributed by atoms with Crippen molar-refractivity contribution in [1.82, 2.24) is 10.2 Å². The largest absolute Gasteiger partial charge is 0.381 e. The summed E-state index contributed by atoms with van der Waals surface area (Å²) in [6.45, 7) is 12.8. The molecule has 0 amide bonds. The second-order valence-corrected chi connectivity index (χ2v) is 6.55. The molecule has 3 heteroatoms. The Morgan fingerprint density at radius 1 is 1.35 bits per heavy atom. The van der Waals surface area contributed by atoms with Crippen molar-refractivity contribution in [3.8, 4) is 0 Å². The molecule has 1 aliphatic carbocycles. The van der Waals surface area contributed by atoms with E-state index in [1.54, 1.807) is 0 Å². The van der Waals surface area contributed by atoms with E-state index in [9.17, 15) is 0 Å². The Hall–Kier alpha value is -0.120. The van der Waals surface area contributed by atoms with Gasteiger partial charge in [-0.2, -0.15) is 0 Å². The molecule has 100 valence electrons. The van der Waals surface area contributed by atoms with Gasteiger partial charge in [-0.3, -0.25) is 4.90 Å². The number of hydrogen-bond acceptors (Lipinski definition) is 3.